The zero-order chi connectivity index (χ0) is 15.6. The lowest BCUT2D eigenvalue weighted by Crippen LogP contribution is -2.19. The van der Waals surface area contributed by atoms with E-state index in [1.165, 1.54) is 0 Å². The fraction of sp³-hybridized carbons (Fsp3) is 0.429. The third-order valence-corrected chi connectivity index (χ3v) is 3.55. The van der Waals surface area contributed by atoms with E-state index in [2.05, 4.69) is 27.5 Å². The van der Waals surface area contributed by atoms with Gasteiger partial charge < -0.3 is 11.1 Å². The topological polar surface area (TPSA) is 81.7 Å². The van der Waals surface area contributed by atoms with E-state index in [9.17, 15) is 0 Å². The van der Waals surface area contributed by atoms with Crippen molar-refractivity contribution in [3.05, 3.63) is 28.6 Å². The Balaban J connectivity index is 2.53. The van der Waals surface area contributed by atoms with Crippen LogP contribution in [0.2, 0.25) is 0 Å². The third-order valence-electron chi connectivity index (χ3n) is 3.34. The van der Waals surface area contributed by atoms with E-state index in [1.807, 2.05) is 27.0 Å². The van der Waals surface area contributed by atoms with E-state index in [4.69, 9.17) is 18.0 Å². The first kappa shape index (κ1) is 15.4. The molecule has 0 saturated carbocycles. The maximum Gasteiger partial charge on any atom is 0.164 e. The number of nitrogens with two attached hydrogens (primary N) is 1. The van der Waals surface area contributed by atoms with Gasteiger partial charge in [0.25, 0.3) is 0 Å². The van der Waals surface area contributed by atoms with Crippen LogP contribution >= 0.6 is 12.2 Å². The normalized spacial score (nSPS) is 10.7. The standard InChI is InChI=1S/C14H20N6S/c1-5-9-10(6-2)17-18-14(12(9)13(15)21)16-11-7-8(3)19-20(11)4/h7H,5-6H2,1-4H3,(H2,15,21)(H,16,18). The predicted octanol–water partition coefficient (Wildman–Crippen LogP) is 2.02. The Bertz CT molecular complexity index is 676. The van der Waals surface area contributed by atoms with E-state index < -0.39 is 0 Å². The van der Waals surface area contributed by atoms with Gasteiger partial charge in [-0.1, -0.05) is 26.1 Å². The molecule has 0 amide bonds. The molecule has 0 bridgehead atoms. The van der Waals surface area contributed by atoms with Crippen LogP contribution in [0.5, 0.6) is 0 Å². The molecule has 2 heterocycles. The van der Waals surface area contributed by atoms with Crippen molar-refractivity contribution in [1.29, 1.82) is 0 Å². The Morgan fingerprint density at radius 3 is 2.52 bits per heavy atom. The minimum absolute atomic E-state index is 0.331. The monoisotopic (exact) mass is 304 g/mol. The molecule has 21 heavy (non-hydrogen) atoms. The maximum absolute atomic E-state index is 5.91. The molecule has 0 unspecified atom stereocenters. The Morgan fingerprint density at radius 2 is 2.05 bits per heavy atom. The first-order valence-electron chi connectivity index (χ1n) is 6.93. The molecule has 112 valence electrons. The number of rotatable bonds is 5. The van der Waals surface area contributed by atoms with E-state index >= 15 is 0 Å². The summed E-state index contributed by atoms with van der Waals surface area (Å²) in [5, 5.41) is 16.1. The van der Waals surface area contributed by atoms with E-state index in [1.54, 1.807) is 4.68 Å². The van der Waals surface area contributed by atoms with Gasteiger partial charge in [0.15, 0.2) is 5.82 Å². The molecule has 0 aliphatic heterocycles. The average Bonchev–Trinajstić information content (AvgIpc) is 2.75. The first-order chi connectivity index (χ1) is 9.97. The lowest BCUT2D eigenvalue weighted by Gasteiger charge is -2.15. The van der Waals surface area contributed by atoms with Gasteiger partial charge in [0.1, 0.15) is 10.8 Å². The number of anilines is 2. The van der Waals surface area contributed by atoms with Crippen LogP contribution in [0.1, 0.15) is 36.4 Å². The molecule has 6 nitrogen and oxygen atoms in total. The van der Waals surface area contributed by atoms with Gasteiger partial charge in [-0.2, -0.15) is 10.2 Å². The van der Waals surface area contributed by atoms with Crippen molar-refractivity contribution in [2.75, 3.05) is 5.32 Å². The van der Waals surface area contributed by atoms with Gasteiger partial charge in [0.05, 0.1) is 17.0 Å². The molecule has 2 aromatic heterocycles. The van der Waals surface area contributed by atoms with Crippen LogP contribution in [0.15, 0.2) is 6.07 Å². The van der Waals surface area contributed by atoms with Crippen molar-refractivity contribution in [3.8, 4) is 0 Å². The molecule has 0 aliphatic carbocycles. The molecule has 0 fully saturated rings. The fourth-order valence-corrected chi connectivity index (χ4v) is 2.59. The summed E-state index contributed by atoms with van der Waals surface area (Å²) < 4.78 is 1.75. The van der Waals surface area contributed by atoms with Crippen LogP contribution in [-0.2, 0) is 19.9 Å². The molecule has 2 rings (SSSR count). The van der Waals surface area contributed by atoms with Gasteiger partial charge in [0.2, 0.25) is 0 Å². The minimum Gasteiger partial charge on any atom is -0.389 e. The van der Waals surface area contributed by atoms with E-state index in [-0.39, 0.29) is 0 Å². The zero-order valence-corrected chi connectivity index (χ0v) is 13.6. The molecular weight excluding hydrogens is 284 g/mol. The number of thiocarbonyl (C=S) groups is 1. The Kier molecular flexibility index (Phi) is 4.52. The summed E-state index contributed by atoms with van der Waals surface area (Å²) in [4.78, 5) is 0.331. The highest BCUT2D eigenvalue weighted by molar-refractivity contribution is 7.80. The van der Waals surface area contributed by atoms with Crippen molar-refractivity contribution in [1.82, 2.24) is 20.0 Å². The third kappa shape index (κ3) is 3.02. The molecule has 3 N–H and O–H groups in total. The fourth-order valence-electron chi connectivity index (χ4n) is 2.37. The molecule has 0 saturated heterocycles. The Labute approximate surface area is 129 Å². The lowest BCUT2D eigenvalue weighted by molar-refractivity contribution is 0.763. The second-order valence-electron chi connectivity index (χ2n) is 4.84. The van der Waals surface area contributed by atoms with Crippen molar-refractivity contribution in [2.24, 2.45) is 12.8 Å². The van der Waals surface area contributed by atoms with Crippen LogP contribution in [0.3, 0.4) is 0 Å². The molecule has 7 heteroatoms. The van der Waals surface area contributed by atoms with Crippen LogP contribution in [0.4, 0.5) is 11.6 Å². The van der Waals surface area contributed by atoms with Crippen LogP contribution in [-0.4, -0.2) is 25.0 Å². The summed E-state index contributed by atoms with van der Waals surface area (Å²) in [6.45, 7) is 6.04. The summed E-state index contributed by atoms with van der Waals surface area (Å²) in [5.74, 6) is 1.41. The molecule has 0 aliphatic rings. The summed E-state index contributed by atoms with van der Waals surface area (Å²) in [6.07, 6.45) is 1.61. The van der Waals surface area contributed by atoms with Crippen molar-refractivity contribution >= 4 is 28.8 Å². The van der Waals surface area contributed by atoms with Gasteiger partial charge >= 0.3 is 0 Å². The SMILES string of the molecule is CCc1nnc(Nc2cc(C)nn2C)c(C(N)=S)c1CC. The van der Waals surface area contributed by atoms with Crippen LogP contribution in [0, 0.1) is 6.92 Å². The summed E-state index contributed by atoms with van der Waals surface area (Å²) in [5.41, 5.74) is 9.60. The molecular formula is C14H20N6S. The van der Waals surface area contributed by atoms with Gasteiger partial charge in [-0.25, -0.2) is 0 Å². The number of hydrogen-bond donors (Lipinski definition) is 2. The highest BCUT2D eigenvalue weighted by Gasteiger charge is 2.17. The maximum atomic E-state index is 5.91. The number of aromatic nitrogens is 4. The number of hydrogen-bond acceptors (Lipinski definition) is 5. The second kappa shape index (κ2) is 6.17. The van der Waals surface area contributed by atoms with Gasteiger partial charge in [-0.05, 0) is 25.3 Å². The predicted molar refractivity (Wildman–Crippen MR) is 87.9 cm³/mol. The van der Waals surface area contributed by atoms with E-state index in [0.717, 1.165) is 41.2 Å². The number of nitrogens with one attached hydrogen (secondary N) is 1. The molecule has 0 aromatic carbocycles. The van der Waals surface area contributed by atoms with Crippen molar-refractivity contribution < 1.29 is 0 Å². The van der Waals surface area contributed by atoms with Crippen molar-refractivity contribution in [3.63, 3.8) is 0 Å². The smallest absolute Gasteiger partial charge is 0.164 e. The number of aryl methyl sites for hydroxylation is 3. The van der Waals surface area contributed by atoms with Crippen LogP contribution < -0.4 is 11.1 Å². The van der Waals surface area contributed by atoms with Crippen LogP contribution in [0.25, 0.3) is 0 Å². The zero-order valence-electron chi connectivity index (χ0n) is 12.8. The highest BCUT2D eigenvalue weighted by atomic mass is 32.1. The van der Waals surface area contributed by atoms with E-state index in [0.29, 0.717) is 10.8 Å². The molecule has 0 atom stereocenters. The van der Waals surface area contributed by atoms with Gasteiger partial charge in [0, 0.05) is 13.1 Å². The summed E-state index contributed by atoms with van der Waals surface area (Å²) >= 11 is 5.21. The minimum atomic E-state index is 0.331. The molecule has 0 radical (unpaired) electrons. The molecule has 0 spiro atoms. The van der Waals surface area contributed by atoms with Gasteiger partial charge in [-0.15, -0.1) is 5.10 Å². The molecule has 2 aromatic rings. The van der Waals surface area contributed by atoms with Gasteiger partial charge in [-0.3, -0.25) is 4.68 Å². The lowest BCUT2D eigenvalue weighted by atomic mass is 10.0. The Morgan fingerprint density at radius 1 is 1.33 bits per heavy atom. The summed E-state index contributed by atoms with van der Waals surface area (Å²) in [7, 11) is 1.87. The second-order valence-corrected chi connectivity index (χ2v) is 5.28. The first-order valence-corrected chi connectivity index (χ1v) is 7.34. The van der Waals surface area contributed by atoms with Crippen molar-refractivity contribution in [2.45, 2.75) is 33.6 Å². The highest BCUT2D eigenvalue weighted by Crippen LogP contribution is 2.24. The quantitative estimate of drug-likeness (QED) is 0.823. The average molecular weight is 304 g/mol. The number of nitrogens with zero attached hydrogens (tertiary/aromatic N) is 4. The Hall–Kier alpha value is -2.02. The summed E-state index contributed by atoms with van der Waals surface area (Å²) in [6, 6.07) is 1.93. The largest absolute Gasteiger partial charge is 0.389 e.